The minimum atomic E-state index is 0.164. The van der Waals surface area contributed by atoms with E-state index < -0.39 is 0 Å². The third-order valence-corrected chi connectivity index (χ3v) is 3.86. The topological polar surface area (TPSA) is 29.3 Å². The molecule has 0 amide bonds. The second kappa shape index (κ2) is 7.80. The summed E-state index contributed by atoms with van der Waals surface area (Å²) < 4.78 is 0. The monoisotopic (exact) mass is 276 g/mol. The lowest BCUT2D eigenvalue weighted by Crippen LogP contribution is -2.42. The molecule has 0 bridgehead atoms. The van der Waals surface area contributed by atoms with Crippen molar-refractivity contribution in [3.63, 3.8) is 0 Å². The van der Waals surface area contributed by atoms with Crippen molar-refractivity contribution in [2.75, 3.05) is 19.6 Å². The highest BCUT2D eigenvalue weighted by Crippen LogP contribution is 2.31. The lowest BCUT2D eigenvalue weighted by molar-refractivity contribution is 0.104. The molecule has 0 heterocycles. The largest absolute Gasteiger partial charge is 0.330 e. The first kappa shape index (κ1) is 17.2. The Kier molecular flexibility index (Phi) is 6.70. The zero-order valence-corrected chi connectivity index (χ0v) is 13.9. The Labute approximate surface area is 125 Å². The van der Waals surface area contributed by atoms with Crippen LogP contribution in [0.3, 0.4) is 0 Å². The van der Waals surface area contributed by atoms with E-state index in [9.17, 15) is 0 Å². The van der Waals surface area contributed by atoms with Gasteiger partial charge in [-0.05, 0) is 36.4 Å². The number of hydrogen-bond acceptors (Lipinski definition) is 2. The Morgan fingerprint density at radius 2 is 1.75 bits per heavy atom. The molecule has 0 aliphatic carbocycles. The average molecular weight is 276 g/mol. The van der Waals surface area contributed by atoms with E-state index in [4.69, 9.17) is 5.73 Å². The van der Waals surface area contributed by atoms with E-state index in [2.05, 4.69) is 69.9 Å². The zero-order valence-electron chi connectivity index (χ0n) is 13.9. The van der Waals surface area contributed by atoms with Gasteiger partial charge in [0.15, 0.2) is 0 Å². The highest BCUT2D eigenvalue weighted by Gasteiger charge is 2.28. The molecule has 1 unspecified atom stereocenters. The second-order valence-corrected chi connectivity index (χ2v) is 6.94. The van der Waals surface area contributed by atoms with Gasteiger partial charge < -0.3 is 5.73 Å². The fourth-order valence-electron chi connectivity index (χ4n) is 2.89. The highest BCUT2D eigenvalue weighted by molar-refractivity contribution is 5.19. The van der Waals surface area contributed by atoms with Crippen LogP contribution >= 0.6 is 0 Å². The van der Waals surface area contributed by atoms with Gasteiger partial charge in [0.2, 0.25) is 0 Å². The van der Waals surface area contributed by atoms with Gasteiger partial charge in [-0.25, -0.2) is 0 Å². The summed E-state index contributed by atoms with van der Waals surface area (Å²) in [5, 5.41) is 0. The highest BCUT2D eigenvalue weighted by atomic mass is 15.2. The van der Waals surface area contributed by atoms with E-state index in [0.717, 1.165) is 19.6 Å². The van der Waals surface area contributed by atoms with Crippen molar-refractivity contribution < 1.29 is 0 Å². The van der Waals surface area contributed by atoms with Crippen molar-refractivity contribution in [3.8, 4) is 0 Å². The summed E-state index contributed by atoms with van der Waals surface area (Å²) in [5.41, 5.74) is 7.52. The van der Waals surface area contributed by atoms with Crippen LogP contribution in [0, 0.1) is 11.3 Å². The van der Waals surface area contributed by atoms with Gasteiger partial charge in [0.1, 0.15) is 0 Å². The Bertz CT molecular complexity index is 370. The molecule has 0 aromatic heterocycles. The molecule has 114 valence electrons. The standard InChI is InChI=1S/C18H32N2/c1-6-12-20(14-18(4,5)13-19)17(15(2)3)16-10-8-7-9-11-16/h7-11,15,17H,6,12-14,19H2,1-5H3. The van der Waals surface area contributed by atoms with Crippen LogP contribution in [0.25, 0.3) is 0 Å². The minimum Gasteiger partial charge on any atom is -0.330 e. The van der Waals surface area contributed by atoms with Crippen molar-refractivity contribution in [2.24, 2.45) is 17.1 Å². The molecular formula is C18H32N2. The molecule has 0 spiro atoms. The van der Waals surface area contributed by atoms with Crippen LogP contribution < -0.4 is 5.73 Å². The molecule has 2 nitrogen and oxygen atoms in total. The number of nitrogens with zero attached hydrogens (tertiary/aromatic N) is 1. The first-order valence-electron chi connectivity index (χ1n) is 7.90. The Balaban J connectivity index is 3.01. The predicted octanol–water partition coefficient (Wildman–Crippen LogP) is 4.08. The molecule has 0 aliphatic heterocycles. The molecule has 0 fully saturated rings. The zero-order chi connectivity index (χ0) is 15.2. The molecule has 0 radical (unpaired) electrons. The number of nitrogens with two attached hydrogens (primary N) is 1. The second-order valence-electron chi connectivity index (χ2n) is 6.94. The lowest BCUT2D eigenvalue weighted by Gasteiger charge is -2.39. The maximum atomic E-state index is 5.94. The van der Waals surface area contributed by atoms with E-state index in [-0.39, 0.29) is 5.41 Å². The molecule has 0 saturated carbocycles. The minimum absolute atomic E-state index is 0.164. The quantitative estimate of drug-likeness (QED) is 0.775. The Morgan fingerprint density at radius 1 is 1.15 bits per heavy atom. The molecule has 2 N–H and O–H groups in total. The van der Waals surface area contributed by atoms with Crippen molar-refractivity contribution in [3.05, 3.63) is 35.9 Å². The van der Waals surface area contributed by atoms with Gasteiger partial charge in [-0.2, -0.15) is 0 Å². The third-order valence-electron chi connectivity index (χ3n) is 3.86. The van der Waals surface area contributed by atoms with Crippen LogP contribution in [0.2, 0.25) is 0 Å². The van der Waals surface area contributed by atoms with Crippen molar-refractivity contribution >= 4 is 0 Å². The molecule has 2 heteroatoms. The average Bonchev–Trinajstić information content (AvgIpc) is 2.39. The maximum absolute atomic E-state index is 5.94. The Hall–Kier alpha value is -0.860. The summed E-state index contributed by atoms with van der Waals surface area (Å²) in [7, 11) is 0. The summed E-state index contributed by atoms with van der Waals surface area (Å²) >= 11 is 0. The lowest BCUT2D eigenvalue weighted by atomic mass is 9.88. The summed E-state index contributed by atoms with van der Waals surface area (Å²) in [6, 6.07) is 11.4. The molecule has 0 saturated heterocycles. The van der Waals surface area contributed by atoms with E-state index >= 15 is 0 Å². The van der Waals surface area contributed by atoms with Gasteiger partial charge in [-0.1, -0.05) is 65.0 Å². The SMILES string of the molecule is CCCN(CC(C)(C)CN)C(c1ccccc1)C(C)C. The Morgan fingerprint density at radius 3 is 2.20 bits per heavy atom. The molecule has 0 aliphatic rings. The first-order chi connectivity index (χ1) is 9.41. The third kappa shape index (κ3) is 4.92. The van der Waals surface area contributed by atoms with Crippen LogP contribution in [0.5, 0.6) is 0 Å². The van der Waals surface area contributed by atoms with Crippen LogP contribution in [0.15, 0.2) is 30.3 Å². The normalized spacial score (nSPS) is 14.0. The summed E-state index contributed by atoms with van der Waals surface area (Å²) in [6.45, 7) is 14.3. The summed E-state index contributed by atoms with van der Waals surface area (Å²) in [5.74, 6) is 0.595. The molecular weight excluding hydrogens is 244 g/mol. The van der Waals surface area contributed by atoms with Crippen LogP contribution in [-0.2, 0) is 0 Å². The fraction of sp³-hybridized carbons (Fsp3) is 0.667. The smallest absolute Gasteiger partial charge is 0.0371 e. The maximum Gasteiger partial charge on any atom is 0.0371 e. The van der Waals surface area contributed by atoms with Crippen LogP contribution in [0.1, 0.15) is 52.6 Å². The van der Waals surface area contributed by atoms with Crippen molar-refractivity contribution in [1.29, 1.82) is 0 Å². The van der Waals surface area contributed by atoms with Gasteiger partial charge >= 0.3 is 0 Å². The van der Waals surface area contributed by atoms with Crippen LogP contribution in [-0.4, -0.2) is 24.5 Å². The molecule has 1 atom stereocenters. The van der Waals surface area contributed by atoms with Crippen molar-refractivity contribution in [2.45, 2.75) is 47.1 Å². The molecule has 20 heavy (non-hydrogen) atoms. The number of hydrogen-bond donors (Lipinski definition) is 1. The van der Waals surface area contributed by atoms with Gasteiger partial charge in [0, 0.05) is 12.6 Å². The van der Waals surface area contributed by atoms with Crippen LogP contribution in [0.4, 0.5) is 0 Å². The van der Waals surface area contributed by atoms with Crippen molar-refractivity contribution in [1.82, 2.24) is 4.90 Å². The van der Waals surface area contributed by atoms with Gasteiger partial charge in [0.25, 0.3) is 0 Å². The van der Waals surface area contributed by atoms with Gasteiger partial charge in [0.05, 0.1) is 0 Å². The number of benzene rings is 1. The molecule has 1 aromatic rings. The summed E-state index contributed by atoms with van der Waals surface area (Å²) in [6.07, 6.45) is 1.18. The summed E-state index contributed by atoms with van der Waals surface area (Å²) in [4.78, 5) is 2.62. The van der Waals surface area contributed by atoms with Gasteiger partial charge in [-0.3, -0.25) is 4.90 Å². The number of rotatable bonds is 8. The first-order valence-corrected chi connectivity index (χ1v) is 7.90. The van der Waals surface area contributed by atoms with Gasteiger partial charge in [-0.15, -0.1) is 0 Å². The van der Waals surface area contributed by atoms with E-state index in [0.29, 0.717) is 12.0 Å². The molecule has 1 aromatic carbocycles. The predicted molar refractivity (Wildman–Crippen MR) is 88.7 cm³/mol. The molecule has 1 rings (SSSR count). The fourth-order valence-corrected chi connectivity index (χ4v) is 2.89. The van der Waals surface area contributed by atoms with E-state index in [1.165, 1.54) is 12.0 Å². The van der Waals surface area contributed by atoms with E-state index in [1.54, 1.807) is 0 Å². The van der Waals surface area contributed by atoms with E-state index in [1.807, 2.05) is 0 Å².